The predicted molar refractivity (Wildman–Crippen MR) is 120 cm³/mol. The average Bonchev–Trinajstić information content (AvgIpc) is 3.82. The Morgan fingerprint density at radius 2 is 0.972 bits per heavy atom. The molecule has 2 unspecified atom stereocenters. The van der Waals surface area contributed by atoms with Crippen LogP contribution in [0.1, 0.15) is 41.4 Å². The van der Waals surface area contributed by atoms with Crippen molar-refractivity contribution in [3.05, 3.63) is 70.8 Å². The van der Waals surface area contributed by atoms with E-state index in [1.807, 2.05) is 0 Å². The third-order valence-corrected chi connectivity index (χ3v) is 5.15. The summed E-state index contributed by atoms with van der Waals surface area (Å²) in [5, 5.41) is 10.1. The molecule has 2 aromatic carbocycles. The Kier molecular flexibility index (Phi) is 8.26. The zero-order valence-electron chi connectivity index (χ0n) is 19.1. The minimum Gasteiger partial charge on any atom is -0.459 e. The van der Waals surface area contributed by atoms with E-state index in [4.69, 9.17) is 28.4 Å². The summed E-state index contributed by atoms with van der Waals surface area (Å²) in [6.45, 7) is 0.201. The molecule has 1 N–H and O–H groups in total. The summed E-state index contributed by atoms with van der Waals surface area (Å²) in [4.78, 5) is 49.5. The van der Waals surface area contributed by atoms with Gasteiger partial charge in [-0.05, 0) is 24.3 Å². The highest BCUT2D eigenvalue weighted by atomic mass is 16.6. The molecular formula is C25H24O11. The number of esters is 4. The lowest BCUT2D eigenvalue weighted by molar-refractivity contribution is -0.00505. The molecule has 0 bridgehead atoms. The molecule has 0 saturated carbocycles. The van der Waals surface area contributed by atoms with Gasteiger partial charge in [0.1, 0.15) is 44.7 Å². The number of hydrogen-bond donors (Lipinski definition) is 1. The Bertz CT molecular complexity index is 1030. The lowest BCUT2D eigenvalue weighted by Gasteiger charge is -2.14. The van der Waals surface area contributed by atoms with Crippen molar-refractivity contribution in [3.63, 3.8) is 0 Å². The van der Waals surface area contributed by atoms with Crippen LogP contribution in [0, 0.1) is 0 Å². The number of aliphatic hydroxyl groups excluding tert-OH is 1. The van der Waals surface area contributed by atoms with Gasteiger partial charge >= 0.3 is 23.9 Å². The van der Waals surface area contributed by atoms with Crippen LogP contribution < -0.4 is 0 Å². The van der Waals surface area contributed by atoms with Gasteiger partial charge in [-0.3, -0.25) is 0 Å². The molecule has 4 rings (SSSR count). The molecule has 2 aliphatic heterocycles. The van der Waals surface area contributed by atoms with E-state index in [9.17, 15) is 24.3 Å². The van der Waals surface area contributed by atoms with E-state index in [1.54, 1.807) is 24.3 Å². The van der Waals surface area contributed by atoms with Crippen LogP contribution in [0.15, 0.2) is 48.5 Å². The SMILES string of the molecule is O=C(OCC(O)COC(=O)c1ccccc1C(=O)OCC1CO1)c1ccccc1C(=O)OCC1CO1. The second-order valence-corrected chi connectivity index (χ2v) is 8.05. The Morgan fingerprint density at radius 3 is 1.28 bits per heavy atom. The number of epoxide rings is 2. The quantitative estimate of drug-likeness (QED) is 0.254. The maximum absolute atomic E-state index is 12.5. The van der Waals surface area contributed by atoms with Crippen molar-refractivity contribution >= 4 is 23.9 Å². The van der Waals surface area contributed by atoms with E-state index >= 15 is 0 Å². The van der Waals surface area contributed by atoms with Crippen LogP contribution >= 0.6 is 0 Å². The zero-order valence-corrected chi connectivity index (χ0v) is 19.1. The van der Waals surface area contributed by atoms with Crippen molar-refractivity contribution in [2.24, 2.45) is 0 Å². The third kappa shape index (κ3) is 7.11. The molecule has 2 saturated heterocycles. The molecule has 0 aliphatic carbocycles. The molecule has 2 aliphatic rings. The maximum atomic E-state index is 12.5. The molecule has 0 aromatic heterocycles. The third-order valence-electron chi connectivity index (χ3n) is 5.15. The molecule has 190 valence electrons. The van der Waals surface area contributed by atoms with Gasteiger partial charge < -0.3 is 33.5 Å². The second kappa shape index (κ2) is 11.8. The highest BCUT2D eigenvalue weighted by molar-refractivity contribution is 6.03. The summed E-state index contributed by atoms with van der Waals surface area (Å²) in [7, 11) is 0. The van der Waals surface area contributed by atoms with Gasteiger partial charge in [0.05, 0.1) is 35.5 Å². The number of ether oxygens (including phenoxy) is 6. The summed E-state index contributed by atoms with van der Waals surface area (Å²) in [5.74, 6) is -3.12. The maximum Gasteiger partial charge on any atom is 0.339 e. The van der Waals surface area contributed by atoms with Gasteiger partial charge in [0, 0.05) is 0 Å². The van der Waals surface area contributed by atoms with Crippen molar-refractivity contribution in [2.45, 2.75) is 18.3 Å². The fourth-order valence-corrected chi connectivity index (χ4v) is 3.05. The fourth-order valence-electron chi connectivity index (χ4n) is 3.05. The van der Waals surface area contributed by atoms with Crippen molar-refractivity contribution in [1.29, 1.82) is 0 Å². The van der Waals surface area contributed by atoms with Crippen LogP contribution in [0.4, 0.5) is 0 Å². The van der Waals surface area contributed by atoms with Crippen LogP contribution in [0.2, 0.25) is 0 Å². The average molecular weight is 500 g/mol. The molecule has 0 radical (unpaired) electrons. The summed E-state index contributed by atoms with van der Waals surface area (Å²) in [6.07, 6.45) is -1.60. The summed E-state index contributed by atoms with van der Waals surface area (Å²) in [6, 6.07) is 11.9. The molecule has 2 atom stereocenters. The minimum absolute atomic E-state index is 0.0146. The molecule has 0 amide bonds. The summed E-state index contributed by atoms with van der Waals surface area (Å²) in [5.41, 5.74) is -0.0403. The molecule has 36 heavy (non-hydrogen) atoms. The summed E-state index contributed by atoms with van der Waals surface area (Å²) >= 11 is 0. The summed E-state index contributed by atoms with van der Waals surface area (Å²) < 4.78 is 30.4. The van der Waals surface area contributed by atoms with Crippen molar-refractivity contribution in [2.75, 3.05) is 39.6 Å². The first-order valence-corrected chi connectivity index (χ1v) is 11.2. The van der Waals surface area contributed by atoms with E-state index in [0.29, 0.717) is 13.2 Å². The van der Waals surface area contributed by atoms with E-state index in [-0.39, 0.29) is 47.7 Å². The largest absolute Gasteiger partial charge is 0.459 e. The van der Waals surface area contributed by atoms with Crippen LogP contribution in [-0.2, 0) is 28.4 Å². The lowest BCUT2D eigenvalue weighted by Crippen LogP contribution is -2.26. The highest BCUT2D eigenvalue weighted by Gasteiger charge is 2.28. The van der Waals surface area contributed by atoms with Crippen molar-refractivity contribution in [3.8, 4) is 0 Å². The van der Waals surface area contributed by atoms with Gasteiger partial charge in [-0.15, -0.1) is 0 Å². The van der Waals surface area contributed by atoms with E-state index < -0.39 is 43.2 Å². The Labute approximate surface area is 205 Å². The zero-order chi connectivity index (χ0) is 25.5. The monoisotopic (exact) mass is 500 g/mol. The molecular weight excluding hydrogens is 476 g/mol. The van der Waals surface area contributed by atoms with Crippen LogP contribution in [0.25, 0.3) is 0 Å². The number of hydrogen-bond acceptors (Lipinski definition) is 11. The normalized spacial score (nSPS) is 18.5. The molecule has 2 aromatic rings. The van der Waals surface area contributed by atoms with Gasteiger partial charge in [0.25, 0.3) is 0 Å². The van der Waals surface area contributed by atoms with E-state index in [0.717, 1.165) is 0 Å². The fraction of sp³-hybridized carbons (Fsp3) is 0.360. The number of carbonyl (C=O) groups is 4. The Balaban J connectivity index is 1.26. The number of aliphatic hydroxyl groups is 1. The number of carbonyl (C=O) groups excluding carboxylic acids is 4. The van der Waals surface area contributed by atoms with Crippen molar-refractivity contribution < 1.29 is 52.7 Å². The van der Waals surface area contributed by atoms with Gasteiger partial charge in [-0.25, -0.2) is 19.2 Å². The van der Waals surface area contributed by atoms with Crippen LogP contribution in [-0.4, -0.2) is 86.9 Å². The van der Waals surface area contributed by atoms with E-state index in [1.165, 1.54) is 24.3 Å². The number of benzene rings is 2. The molecule has 0 spiro atoms. The van der Waals surface area contributed by atoms with E-state index in [2.05, 4.69) is 0 Å². The standard InChI is InChI=1S/C25H24O11/c26-15(9-33-22(27)18-5-1-3-7-20(18)24(29)35-13-16-11-31-16)10-34-23(28)19-6-2-4-8-21(19)25(30)36-14-17-12-32-17/h1-8,15-17,26H,9-14H2. The van der Waals surface area contributed by atoms with Crippen LogP contribution in [0.3, 0.4) is 0 Å². The van der Waals surface area contributed by atoms with Gasteiger partial charge in [-0.1, -0.05) is 24.3 Å². The van der Waals surface area contributed by atoms with Gasteiger partial charge in [0.2, 0.25) is 0 Å². The smallest absolute Gasteiger partial charge is 0.339 e. The van der Waals surface area contributed by atoms with Crippen molar-refractivity contribution in [1.82, 2.24) is 0 Å². The molecule has 11 nitrogen and oxygen atoms in total. The first-order chi connectivity index (χ1) is 17.4. The molecule has 2 heterocycles. The predicted octanol–water partition coefficient (Wildman–Crippen LogP) is 1.17. The first kappa shape index (κ1) is 25.3. The van der Waals surface area contributed by atoms with Gasteiger partial charge in [-0.2, -0.15) is 0 Å². The minimum atomic E-state index is -1.35. The first-order valence-electron chi connectivity index (χ1n) is 11.2. The Hall–Kier alpha value is -3.80. The van der Waals surface area contributed by atoms with Gasteiger partial charge in [0.15, 0.2) is 0 Å². The molecule has 2 fully saturated rings. The van der Waals surface area contributed by atoms with Crippen LogP contribution in [0.5, 0.6) is 0 Å². The molecule has 11 heteroatoms. The topological polar surface area (TPSA) is 150 Å². The second-order valence-electron chi connectivity index (χ2n) is 8.05. The number of rotatable bonds is 12. The Morgan fingerprint density at radius 1 is 0.667 bits per heavy atom. The lowest BCUT2D eigenvalue weighted by atomic mass is 10.1. The highest BCUT2D eigenvalue weighted by Crippen LogP contribution is 2.16.